The van der Waals surface area contributed by atoms with Crippen LogP contribution in [0, 0.1) is 6.92 Å². The predicted molar refractivity (Wildman–Crippen MR) is 98.6 cm³/mol. The molecule has 128 valence electrons. The third-order valence-corrected chi connectivity index (χ3v) is 3.62. The fraction of sp³-hybridized carbons (Fsp3) is 0.200. The van der Waals surface area contributed by atoms with E-state index < -0.39 is 0 Å². The maximum absolute atomic E-state index is 12.1. The third-order valence-electron chi connectivity index (χ3n) is 3.62. The van der Waals surface area contributed by atoms with Gasteiger partial charge >= 0.3 is 0 Å². The number of benzene rings is 2. The SMILES string of the molecule is CCCOc1ccc(NC(=O)/C=C/c2nc3ccccc3o2)c(C)c1. The molecule has 1 aromatic heterocycles. The van der Waals surface area contributed by atoms with Crippen LogP contribution in [-0.2, 0) is 4.79 Å². The molecule has 0 fully saturated rings. The number of para-hydroxylation sites is 2. The second-order valence-corrected chi connectivity index (χ2v) is 5.67. The number of nitrogens with zero attached hydrogens (tertiary/aromatic N) is 1. The maximum atomic E-state index is 12.1. The van der Waals surface area contributed by atoms with Crippen molar-refractivity contribution < 1.29 is 13.9 Å². The molecular formula is C20H20N2O3. The fourth-order valence-electron chi connectivity index (χ4n) is 2.37. The van der Waals surface area contributed by atoms with Gasteiger partial charge in [0.2, 0.25) is 11.8 Å². The van der Waals surface area contributed by atoms with Gasteiger partial charge in [0.05, 0.1) is 6.61 Å². The predicted octanol–water partition coefficient (Wildman–Crippen LogP) is 4.58. The van der Waals surface area contributed by atoms with E-state index >= 15 is 0 Å². The largest absolute Gasteiger partial charge is 0.494 e. The van der Waals surface area contributed by atoms with E-state index in [9.17, 15) is 4.79 Å². The van der Waals surface area contributed by atoms with E-state index in [4.69, 9.17) is 9.15 Å². The first kappa shape index (κ1) is 16.8. The highest BCUT2D eigenvalue weighted by atomic mass is 16.5. The van der Waals surface area contributed by atoms with Crippen molar-refractivity contribution in [1.29, 1.82) is 0 Å². The standard InChI is InChI=1S/C20H20N2O3/c1-3-12-24-15-8-9-16(14(2)13-15)21-19(23)10-11-20-22-17-6-4-5-7-18(17)25-20/h4-11,13H,3,12H2,1-2H3,(H,21,23)/b11-10+. The Labute approximate surface area is 146 Å². The molecule has 0 aliphatic rings. The topological polar surface area (TPSA) is 64.4 Å². The van der Waals surface area contributed by atoms with Crippen LogP contribution in [0.2, 0.25) is 0 Å². The third kappa shape index (κ3) is 4.26. The first-order chi connectivity index (χ1) is 12.2. The van der Waals surface area contributed by atoms with E-state index in [-0.39, 0.29) is 5.91 Å². The van der Waals surface area contributed by atoms with E-state index in [1.54, 1.807) is 6.08 Å². The Morgan fingerprint density at radius 1 is 1.28 bits per heavy atom. The summed E-state index contributed by atoms with van der Waals surface area (Å²) in [6, 6.07) is 13.1. The summed E-state index contributed by atoms with van der Waals surface area (Å²) in [5.74, 6) is 0.961. The van der Waals surface area contributed by atoms with Crippen molar-refractivity contribution in [1.82, 2.24) is 4.98 Å². The van der Waals surface area contributed by atoms with Gasteiger partial charge in [0.25, 0.3) is 0 Å². The lowest BCUT2D eigenvalue weighted by Gasteiger charge is -2.09. The molecule has 0 aliphatic heterocycles. The number of aromatic nitrogens is 1. The zero-order chi connectivity index (χ0) is 17.6. The Hall–Kier alpha value is -3.08. The molecule has 0 radical (unpaired) electrons. The van der Waals surface area contributed by atoms with Gasteiger partial charge in [-0.2, -0.15) is 0 Å². The van der Waals surface area contributed by atoms with Crippen LogP contribution < -0.4 is 10.1 Å². The molecule has 3 rings (SSSR count). The van der Waals surface area contributed by atoms with E-state index in [1.807, 2.05) is 49.4 Å². The van der Waals surface area contributed by atoms with Crippen LogP contribution in [0.4, 0.5) is 5.69 Å². The number of hydrogen-bond acceptors (Lipinski definition) is 4. The molecular weight excluding hydrogens is 316 g/mol. The smallest absolute Gasteiger partial charge is 0.248 e. The molecule has 0 aliphatic carbocycles. The number of amides is 1. The van der Waals surface area contributed by atoms with Crippen LogP contribution >= 0.6 is 0 Å². The summed E-state index contributed by atoms with van der Waals surface area (Å²) in [7, 11) is 0. The minimum Gasteiger partial charge on any atom is -0.494 e. The molecule has 0 atom stereocenters. The summed E-state index contributed by atoms with van der Waals surface area (Å²) < 4.78 is 11.1. The van der Waals surface area contributed by atoms with Crippen molar-refractivity contribution in [2.24, 2.45) is 0 Å². The number of hydrogen-bond donors (Lipinski definition) is 1. The van der Waals surface area contributed by atoms with E-state index in [0.717, 1.165) is 28.9 Å². The average molecular weight is 336 g/mol. The van der Waals surface area contributed by atoms with Crippen LogP contribution in [0.5, 0.6) is 5.75 Å². The molecule has 1 N–H and O–H groups in total. The lowest BCUT2D eigenvalue weighted by molar-refractivity contribution is -0.111. The summed E-state index contributed by atoms with van der Waals surface area (Å²) in [5, 5.41) is 2.85. The second kappa shape index (κ2) is 7.66. The van der Waals surface area contributed by atoms with Gasteiger partial charge in [0.15, 0.2) is 5.58 Å². The van der Waals surface area contributed by atoms with Crippen LogP contribution in [0.25, 0.3) is 17.2 Å². The lowest BCUT2D eigenvalue weighted by Crippen LogP contribution is -2.09. The van der Waals surface area contributed by atoms with Gasteiger partial charge in [-0.15, -0.1) is 0 Å². The summed E-state index contributed by atoms with van der Waals surface area (Å²) >= 11 is 0. The van der Waals surface area contributed by atoms with E-state index in [2.05, 4.69) is 17.2 Å². The average Bonchev–Trinajstić information content (AvgIpc) is 3.03. The quantitative estimate of drug-likeness (QED) is 0.669. The Morgan fingerprint density at radius 2 is 2.12 bits per heavy atom. The lowest BCUT2D eigenvalue weighted by atomic mass is 10.2. The van der Waals surface area contributed by atoms with E-state index in [0.29, 0.717) is 18.1 Å². The molecule has 0 bridgehead atoms. The molecule has 1 heterocycles. The van der Waals surface area contributed by atoms with Crippen molar-refractivity contribution in [3.63, 3.8) is 0 Å². The number of carbonyl (C=O) groups excluding carboxylic acids is 1. The number of fused-ring (bicyclic) bond motifs is 1. The Kier molecular flexibility index (Phi) is 5.14. The van der Waals surface area contributed by atoms with Gasteiger partial charge < -0.3 is 14.5 Å². The molecule has 3 aromatic rings. The summed E-state index contributed by atoms with van der Waals surface area (Å²) in [5.41, 5.74) is 3.15. The number of ether oxygens (including phenoxy) is 1. The minimum atomic E-state index is -0.243. The van der Waals surface area contributed by atoms with Gasteiger partial charge in [-0.05, 0) is 49.2 Å². The molecule has 5 nitrogen and oxygen atoms in total. The van der Waals surface area contributed by atoms with Crippen molar-refractivity contribution >= 4 is 28.8 Å². The molecule has 25 heavy (non-hydrogen) atoms. The van der Waals surface area contributed by atoms with Gasteiger partial charge in [-0.3, -0.25) is 4.79 Å². The number of rotatable bonds is 6. The van der Waals surface area contributed by atoms with Crippen molar-refractivity contribution in [3.05, 3.63) is 60.0 Å². The van der Waals surface area contributed by atoms with Crippen LogP contribution in [-0.4, -0.2) is 17.5 Å². The van der Waals surface area contributed by atoms with Crippen molar-refractivity contribution in [2.45, 2.75) is 20.3 Å². The summed E-state index contributed by atoms with van der Waals surface area (Å²) in [4.78, 5) is 16.4. The monoisotopic (exact) mass is 336 g/mol. The number of nitrogens with one attached hydrogen (secondary N) is 1. The Bertz CT molecular complexity index is 879. The number of oxazole rings is 1. The van der Waals surface area contributed by atoms with Crippen LogP contribution in [0.15, 0.2) is 53.0 Å². The van der Waals surface area contributed by atoms with Gasteiger partial charge in [-0.1, -0.05) is 19.1 Å². The first-order valence-corrected chi connectivity index (χ1v) is 8.24. The minimum absolute atomic E-state index is 0.243. The number of anilines is 1. The van der Waals surface area contributed by atoms with Crippen molar-refractivity contribution in [2.75, 3.05) is 11.9 Å². The van der Waals surface area contributed by atoms with Crippen LogP contribution in [0.1, 0.15) is 24.8 Å². The Balaban J connectivity index is 1.65. The van der Waals surface area contributed by atoms with Crippen LogP contribution in [0.3, 0.4) is 0 Å². The molecule has 2 aromatic carbocycles. The highest BCUT2D eigenvalue weighted by Gasteiger charge is 2.05. The molecule has 0 spiro atoms. The number of carbonyl (C=O) groups is 1. The fourth-order valence-corrected chi connectivity index (χ4v) is 2.37. The first-order valence-electron chi connectivity index (χ1n) is 8.24. The highest BCUT2D eigenvalue weighted by Crippen LogP contribution is 2.22. The molecule has 5 heteroatoms. The zero-order valence-corrected chi connectivity index (χ0v) is 14.3. The van der Waals surface area contributed by atoms with Crippen molar-refractivity contribution in [3.8, 4) is 5.75 Å². The summed E-state index contributed by atoms with van der Waals surface area (Å²) in [6.07, 6.45) is 3.92. The highest BCUT2D eigenvalue weighted by molar-refractivity contribution is 6.02. The van der Waals surface area contributed by atoms with E-state index in [1.165, 1.54) is 6.08 Å². The van der Waals surface area contributed by atoms with Gasteiger partial charge in [0.1, 0.15) is 11.3 Å². The molecule has 1 amide bonds. The van der Waals surface area contributed by atoms with Gasteiger partial charge in [0, 0.05) is 17.8 Å². The normalized spacial score (nSPS) is 11.1. The second-order valence-electron chi connectivity index (χ2n) is 5.67. The summed E-state index contributed by atoms with van der Waals surface area (Å²) in [6.45, 7) is 4.67. The van der Waals surface area contributed by atoms with Gasteiger partial charge in [-0.25, -0.2) is 4.98 Å². The maximum Gasteiger partial charge on any atom is 0.248 e. The number of aryl methyl sites for hydroxylation is 1. The zero-order valence-electron chi connectivity index (χ0n) is 14.3. The Morgan fingerprint density at radius 3 is 2.88 bits per heavy atom. The molecule has 0 saturated carbocycles. The molecule has 0 saturated heterocycles. The molecule has 0 unspecified atom stereocenters.